The normalized spacial score (nSPS) is 15.2. The Balaban J connectivity index is 2.62. The Bertz CT molecular complexity index is 606. The third kappa shape index (κ3) is 2.87. The Morgan fingerprint density at radius 3 is 2.38 bits per heavy atom. The molecular formula is C19H28OSi. The van der Waals surface area contributed by atoms with Crippen LogP contribution in [0.4, 0.5) is 0 Å². The number of rotatable bonds is 4. The highest BCUT2D eigenvalue weighted by Crippen LogP contribution is 2.34. The lowest BCUT2D eigenvalue weighted by Crippen LogP contribution is -2.45. The summed E-state index contributed by atoms with van der Waals surface area (Å²) in [6.45, 7) is 13.9. The Morgan fingerprint density at radius 1 is 1.14 bits per heavy atom. The average Bonchev–Trinajstić information content (AvgIpc) is 2.87. The third-order valence-electron chi connectivity index (χ3n) is 4.64. The van der Waals surface area contributed by atoms with Crippen molar-refractivity contribution in [3.63, 3.8) is 0 Å². The topological polar surface area (TPSA) is 9.23 Å². The van der Waals surface area contributed by atoms with E-state index in [0.717, 1.165) is 12.2 Å². The van der Waals surface area contributed by atoms with Crippen LogP contribution in [0, 0.1) is 19.8 Å². The van der Waals surface area contributed by atoms with Crippen LogP contribution < -0.4 is 9.92 Å². The van der Waals surface area contributed by atoms with Crippen molar-refractivity contribution in [3.05, 3.63) is 46.2 Å². The maximum absolute atomic E-state index is 5.76. The largest absolute Gasteiger partial charge is 0.497 e. The van der Waals surface area contributed by atoms with Crippen molar-refractivity contribution in [1.82, 2.24) is 0 Å². The molecule has 0 heterocycles. The molecule has 114 valence electrons. The van der Waals surface area contributed by atoms with E-state index in [4.69, 9.17) is 4.74 Å². The fourth-order valence-corrected chi connectivity index (χ4v) is 7.03. The molecule has 0 spiro atoms. The van der Waals surface area contributed by atoms with Gasteiger partial charge in [0.2, 0.25) is 0 Å². The van der Waals surface area contributed by atoms with E-state index in [2.05, 4.69) is 65.1 Å². The van der Waals surface area contributed by atoms with Crippen LogP contribution in [0.15, 0.2) is 35.1 Å². The van der Waals surface area contributed by atoms with Gasteiger partial charge in [0.1, 0.15) is 13.8 Å². The van der Waals surface area contributed by atoms with Gasteiger partial charge in [-0.3, -0.25) is 0 Å². The van der Waals surface area contributed by atoms with E-state index in [1.54, 1.807) is 17.9 Å². The first kappa shape index (κ1) is 16.1. The van der Waals surface area contributed by atoms with Gasteiger partial charge in [0.25, 0.3) is 0 Å². The van der Waals surface area contributed by atoms with E-state index in [-0.39, 0.29) is 0 Å². The van der Waals surface area contributed by atoms with Crippen LogP contribution in [-0.2, 0) is 0 Å². The second kappa shape index (κ2) is 5.84. The van der Waals surface area contributed by atoms with Crippen LogP contribution in [-0.4, -0.2) is 15.2 Å². The molecule has 0 bridgehead atoms. The van der Waals surface area contributed by atoms with Crippen LogP contribution in [0.25, 0.3) is 0 Å². The number of hydrogen-bond donors (Lipinski definition) is 0. The number of methoxy groups -OCH3 is 1. The van der Waals surface area contributed by atoms with Crippen LogP contribution in [0.1, 0.15) is 31.4 Å². The number of hydrogen-bond acceptors (Lipinski definition) is 1. The van der Waals surface area contributed by atoms with Crippen molar-refractivity contribution in [2.75, 3.05) is 7.11 Å². The number of ether oxygens (including phenoxy) is 1. The minimum absolute atomic E-state index is 0.599. The predicted octanol–water partition coefficient (Wildman–Crippen LogP) is 4.68. The highest BCUT2D eigenvalue weighted by molar-refractivity contribution is 6.96. The minimum Gasteiger partial charge on any atom is -0.497 e. The first-order chi connectivity index (χ1) is 9.78. The van der Waals surface area contributed by atoms with Gasteiger partial charge in [-0.1, -0.05) is 62.0 Å². The van der Waals surface area contributed by atoms with Crippen molar-refractivity contribution in [2.45, 2.75) is 47.2 Å². The fourth-order valence-electron chi connectivity index (χ4n) is 3.53. The number of aryl methyl sites for hydroxylation is 2. The molecule has 0 saturated heterocycles. The molecule has 0 saturated carbocycles. The molecule has 2 heteroatoms. The SMILES string of the molecule is COc1c(C)cc(C)cc1[Si](C)(C)C1=C(C(C)C)C=CC1. The summed E-state index contributed by atoms with van der Waals surface area (Å²) in [6.07, 6.45) is 5.78. The van der Waals surface area contributed by atoms with Crippen LogP contribution in [0.3, 0.4) is 0 Å². The molecule has 0 radical (unpaired) electrons. The Kier molecular flexibility index (Phi) is 4.48. The molecule has 2 rings (SSSR count). The number of benzene rings is 1. The van der Waals surface area contributed by atoms with Gasteiger partial charge < -0.3 is 4.74 Å². The standard InChI is InChI=1S/C19H28OSi/c1-13(2)16-9-8-10-17(16)21(6,7)18-12-14(3)11-15(4)19(18)20-5/h8-9,11-13H,10H2,1-7H3. The van der Waals surface area contributed by atoms with Crippen molar-refractivity contribution >= 4 is 13.3 Å². The van der Waals surface area contributed by atoms with E-state index < -0.39 is 8.07 Å². The average molecular weight is 301 g/mol. The van der Waals surface area contributed by atoms with E-state index >= 15 is 0 Å². The molecule has 1 aromatic rings. The zero-order valence-corrected chi connectivity index (χ0v) is 15.5. The van der Waals surface area contributed by atoms with Crippen molar-refractivity contribution < 1.29 is 4.74 Å². The second-order valence-electron chi connectivity index (χ2n) is 6.98. The second-order valence-corrected chi connectivity index (χ2v) is 11.4. The summed E-state index contributed by atoms with van der Waals surface area (Å²) in [4.78, 5) is 0. The van der Waals surface area contributed by atoms with Crippen LogP contribution in [0.5, 0.6) is 5.75 Å². The highest BCUT2D eigenvalue weighted by atomic mass is 28.3. The molecule has 21 heavy (non-hydrogen) atoms. The van der Waals surface area contributed by atoms with Gasteiger partial charge in [0.15, 0.2) is 0 Å². The Morgan fingerprint density at radius 2 is 1.81 bits per heavy atom. The molecule has 1 nitrogen and oxygen atoms in total. The van der Waals surface area contributed by atoms with E-state index in [1.807, 2.05) is 0 Å². The maximum Gasteiger partial charge on any atom is 0.121 e. The van der Waals surface area contributed by atoms with Gasteiger partial charge in [-0.05, 0) is 42.5 Å². The molecule has 0 N–H and O–H groups in total. The molecule has 1 aliphatic carbocycles. The predicted molar refractivity (Wildman–Crippen MR) is 95.2 cm³/mol. The van der Waals surface area contributed by atoms with Gasteiger partial charge in [0, 0.05) is 0 Å². The summed E-state index contributed by atoms with van der Waals surface area (Å²) in [6, 6.07) is 4.57. The molecule has 1 aliphatic rings. The summed E-state index contributed by atoms with van der Waals surface area (Å²) in [5.41, 5.74) is 4.14. The fraction of sp³-hybridized carbons (Fsp3) is 0.474. The molecule has 1 aromatic carbocycles. The lowest BCUT2D eigenvalue weighted by Gasteiger charge is -2.30. The zero-order chi connectivity index (χ0) is 15.8. The maximum atomic E-state index is 5.76. The van der Waals surface area contributed by atoms with Crippen molar-refractivity contribution in [2.24, 2.45) is 5.92 Å². The summed E-state index contributed by atoms with van der Waals surface area (Å²) in [7, 11) is 0.0935. The number of allylic oxidation sites excluding steroid dienone is 4. The summed E-state index contributed by atoms with van der Waals surface area (Å²) in [5, 5.41) is 3.11. The quantitative estimate of drug-likeness (QED) is 0.734. The Labute approximate surface area is 130 Å². The molecule has 0 amide bonds. The highest BCUT2D eigenvalue weighted by Gasteiger charge is 2.34. The monoisotopic (exact) mass is 300 g/mol. The molecule has 0 atom stereocenters. The smallest absolute Gasteiger partial charge is 0.121 e. The van der Waals surface area contributed by atoms with Gasteiger partial charge in [-0.25, -0.2) is 0 Å². The minimum atomic E-state index is -1.71. The van der Waals surface area contributed by atoms with Gasteiger partial charge in [-0.2, -0.15) is 0 Å². The molecule has 0 aliphatic heterocycles. The molecule has 0 unspecified atom stereocenters. The summed E-state index contributed by atoms with van der Waals surface area (Å²) in [5.74, 6) is 1.70. The Hall–Kier alpha value is -1.28. The van der Waals surface area contributed by atoms with E-state index in [1.165, 1.54) is 16.3 Å². The molecule has 0 aromatic heterocycles. The lowest BCUT2D eigenvalue weighted by molar-refractivity contribution is 0.414. The molecule has 0 fully saturated rings. The zero-order valence-electron chi connectivity index (χ0n) is 14.5. The van der Waals surface area contributed by atoms with Gasteiger partial charge in [0.05, 0.1) is 7.11 Å². The van der Waals surface area contributed by atoms with Crippen LogP contribution in [0.2, 0.25) is 13.1 Å². The molecular weight excluding hydrogens is 272 g/mol. The third-order valence-corrected chi connectivity index (χ3v) is 8.36. The lowest BCUT2D eigenvalue weighted by atomic mass is 10.1. The van der Waals surface area contributed by atoms with Crippen LogP contribution >= 0.6 is 0 Å². The first-order valence-corrected chi connectivity index (χ1v) is 10.8. The van der Waals surface area contributed by atoms with E-state index in [9.17, 15) is 0 Å². The van der Waals surface area contributed by atoms with Crippen molar-refractivity contribution in [1.29, 1.82) is 0 Å². The summed E-state index contributed by atoms with van der Waals surface area (Å²) >= 11 is 0. The van der Waals surface area contributed by atoms with Gasteiger partial charge >= 0.3 is 0 Å². The first-order valence-electron chi connectivity index (χ1n) is 7.84. The van der Waals surface area contributed by atoms with E-state index in [0.29, 0.717) is 5.92 Å². The van der Waals surface area contributed by atoms with Crippen molar-refractivity contribution in [3.8, 4) is 5.75 Å². The van der Waals surface area contributed by atoms with Gasteiger partial charge in [-0.15, -0.1) is 0 Å². The summed E-state index contributed by atoms with van der Waals surface area (Å²) < 4.78 is 5.76.